The smallest absolute Gasteiger partial charge is 0.153 e. The zero-order valence-electron chi connectivity index (χ0n) is 13.2. The van der Waals surface area contributed by atoms with E-state index in [1.54, 1.807) is 13.8 Å². The molecule has 1 unspecified atom stereocenters. The van der Waals surface area contributed by atoms with Crippen LogP contribution in [-0.2, 0) is 16.3 Å². The molecular weight excluding hydrogens is 270 g/mol. The van der Waals surface area contributed by atoms with Crippen LogP contribution in [0.5, 0.6) is 0 Å². The van der Waals surface area contributed by atoms with E-state index in [1.165, 1.54) is 17.4 Å². The zero-order chi connectivity index (χ0) is 15.4. The highest BCUT2D eigenvalue weighted by molar-refractivity contribution is 7.92. The van der Waals surface area contributed by atoms with E-state index >= 15 is 0 Å². The topological polar surface area (TPSA) is 46.2 Å². The van der Waals surface area contributed by atoms with Gasteiger partial charge in [-0.3, -0.25) is 0 Å². The average Bonchev–Trinajstić information content (AvgIpc) is 2.38. The SMILES string of the molecule is CCc1ccc(C(CC)NCC(C)(C)S(C)(=O)=O)cc1. The standard InChI is InChI=1S/C16H27NO2S/c1-6-13-8-10-14(11-9-13)15(7-2)17-12-16(3,4)20(5,18)19/h8-11,15,17H,6-7,12H2,1-5H3. The van der Waals surface area contributed by atoms with Crippen LogP contribution in [-0.4, -0.2) is 26.0 Å². The minimum atomic E-state index is -3.06. The molecule has 3 nitrogen and oxygen atoms in total. The molecule has 0 aliphatic carbocycles. The largest absolute Gasteiger partial charge is 0.308 e. The maximum absolute atomic E-state index is 11.7. The van der Waals surface area contributed by atoms with Crippen molar-refractivity contribution in [1.82, 2.24) is 5.32 Å². The number of rotatable bonds is 7. The highest BCUT2D eigenvalue weighted by Crippen LogP contribution is 2.20. The van der Waals surface area contributed by atoms with Crippen molar-refractivity contribution in [2.45, 2.75) is 51.3 Å². The van der Waals surface area contributed by atoms with E-state index < -0.39 is 14.6 Å². The Labute approximate surface area is 123 Å². The molecule has 1 atom stereocenters. The number of nitrogens with one attached hydrogen (secondary N) is 1. The van der Waals surface area contributed by atoms with Crippen LogP contribution in [0.1, 0.15) is 51.3 Å². The monoisotopic (exact) mass is 297 g/mol. The van der Waals surface area contributed by atoms with Crippen LogP contribution in [0.25, 0.3) is 0 Å². The Morgan fingerprint density at radius 1 is 1.15 bits per heavy atom. The van der Waals surface area contributed by atoms with Crippen LogP contribution in [0.15, 0.2) is 24.3 Å². The van der Waals surface area contributed by atoms with Gasteiger partial charge in [-0.25, -0.2) is 8.42 Å². The maximum Gasteiger partial charge on any atom is 0.153 e. The summed E-state index contributed by atoms with van der Waals surface area (Å²) in [5, 5.41) is 3.39. The molecule has 20 heavy (non-hydrogen) atoms. The summed E-state index contributed by atoms with van der Waals surface area (Å²) in [7, 11) is -3.06. The van der Waals surface area contributed by atoms with Crippen molar-refractivity contribution < 1.29 is 8.42 Å². The van der Waals surface area contributed by atoms with Crippen molar-refractivity contribution in [3.63, 3.8) is 0 Å². The normalized spacial score (nSPS) is 14.2. The van der Waals surface area contributed by atoms with Crippen molar-refractivity contribution in [1.29, 1.82) is 0 Å². The molecule has 0 saturated carbocycles. The Morgan fingerprint density at radius 2 is 1.70 bits per heavy atom. The first-order chi connectivity index (χ1) is 9.21. The minimum Gasteiger partial charge on any atom is -0.308 e. The van der Waals surface area contributed by atoms with E-state index in [2.05, 4.69) is 43.4 Å². The molecule has 0 amide bonds. The molecular formula is C16H27NO2S. The van der Waals surface area contributed by atoms with Crippen LogP contribution in [0.3, 0.4) is 0 Å². The van der Waals surface area contributed by atoms with Crippen molar-refractivity contribution in [3.8, 4) is 0 Å². The van der Waals surface area contributed by atoms with Crippen molar-refractivity contribution in [2.75, 3.05) is 12.8 Å². The summed E-state index contributed by atoms with van der Waals surface area (Å²) in [4.78, 5) is 0. The van der Waals surface area contributed by atoms with E-state index in [9.17, 15) is 8.42 Å². The molecule has 0 bridgehead atoms. The van der Waals surface area contributed by atoms with E-state index in [-0.39, 0.29) is 6.04 Å². The zero-order valence-corrected chi connectivity index (χ0v) is 14.0. The molecule has 1 aromatic rings. The second-order valence-electron chi connectivity index (χ2n) is 5.97. The molecule has 0 heterocycles. The van der Waals surface area contributed by atoms with Gasteiger partial charge in [0, 0.05) is 18.8 Å². The van der Waals surface area contributed by atoms with E-state index in [0.29, 0.717) is 6.54 Å². The summed E-state index contributed by atoms with van der Waals surface area (Å²) in [6.07, 6.45) is 3.27. The summed E-state index contributed by atoms with van der Waals surface area (Å²) in [6.45, 7) is 8.24. The first-order valence-electron chi connectivity index (χ1n) is 7.23. The lowest BCUT2D eigenvalue weighted by Gasteiger charge is -2.26. The van der Waals surface area contributed by atoms with Crippen LogP contribution in [0, 0.1) is 0 Å². The van der Waals surface area contributed by atoms with Crippen LogP contribution in [0.4, 0.5) is 0 Å². The second-order valence-corrected chi connectivity index (χ2v) is 8.62. The van der Waals surface area contributed by atoms with Crippen LogP contribution in [0.2, 0.25) is 0 Å². The van der Waals surface area contributed by atoms with Gasteiger partial charge in [0.15, 0.2) is 9.84 Å². The second kappa shape index (κ2) is 6.72. The summed E-state index contributed by atoms with van der Waals surface area (Å²) >= 11 is 0. The summed E-state index contributed by atoms with van der Waals surface area (Å²) in [5.41, 5.74) is 2.54. The lowest BCUT2D eigenvalue weighted by Crippen LogP contribution is -2.42. The third-order valence-electron chi connectivity index (χ3n) is 3.98. The quantitative estimate of drug-likeness (QED) is 0.841. The van der Waals surface area contributed by atoms with Gasteiger partial charge in [-0.05, 0) is 37.8 Å². The fourth-order valence-corrected chi connectivity index (χ4v) is 2.33. The third-order valence-corrected chi connectivity index (χ3v) is 6.13. The molecule has 0 fully saturated rings. The Kier molecular flexibility index (Phi) is 5.78. The Bertz CT molecular complexity index is 518. The number of sulfone groups is 1. The highest BCUT2D eigenvalue weighted by atomic mass is 32.2. The third kappa shape index (κ3) is 4.32. The van der Waals surface area contributed by atoms with Gasteiger partial charge in [-0.15, -0.1) is 0 Å². The first-order valence-corrected chi connectivity index (χ1v) is 9.12. The molecule has 0 spiro atoms. The number of hydrogen-bond acceptors (Lipinski definition) is 3. The molecule has 1 rings (SSSR count). The number of aryl methyl sites for hydroxylation is 1. The molecule has 0 aliphatic rings. The molecule has 4 heteroatoms. The highest BCUT2D eigenvalue weighted by Gasteiger charge is 2.30. The molecule has 1 aromatic carbocycles. The number of benzene rings is 1. The van der Waals surface area contributed by atoms with Gasteiger partial charge in [0.25, 0.3) is 0 Å². The Morgan fingerprint density at radius 3 is 2.10 bits per heavy atom. The summed E-state index contributed by atoms with van der Waals surface area (Å²) in [6, 6.07) is 8.74. The average molecular weight is 297 g/mol. The predicted octanol–water partition coefficient (Wildman–Crippen LogP) is 3.11. The van der Waals surface area contributed by atoms with Crippen LogP contribution >= 0.6 is 0 Å². The van der Waals surface area contributed by atoms with Gasteiger partial charge in [-0.1, -0.05) is 38.1 Å². The molecule has 114 valence electrons. The van der Waals surface area contributed by atoms with Crippen molar-refractivity contribution in [3.05, 3.63) is 35.4 Å². The van der Waals surface area contributed by atoms with Crippen molar-refractivity contribution in [2.24, 2.45) is 0 Å². The fraction of sp³-hybridized carbons (Fsp3) is 0.625. The lowest BCUT2D eigenvalue weighted by atomic mass is 10.0. The van der Waals surface area contributed by atoms with E-state index in [4.69, 9.17) is 0 Å². The van der Waals surface area contributed by atoms with Gasteiger partial charge in [0.05, 0.1) is 4.75 Å². The first kappa shape index (κ1) is 17.2. The van der Waals surface area contributed by atoms with Gasteiger partial charge in [-0.2, -0.15) is 0 Å². The van der Waals surface area contributed by atoms with Crippen LogP contribution < -0.4 is 5.32 Å². The fourth-order valence-electron chi connectivity index (χ4n) is 1.98. The van der Waals surface area contributed by atoms with Gasteiger partial charge in [0.2, 0.25) is 0 Å². The summed E-state index contributed by atoms with van der Waals surface area (Å²) in [5.74, 6) is 0. The van der Waals surface area contributed by atoms with E-state index in [0.717, 1.165) is 12.8 Å². The van der Waals surface area contributed by atoms with Gasteiger partial charge in [0.1, 0.15) is 0 Å². The molecule has 0 saturated heterocycles. The molecule has 0 aliphatic heterocycles. The van der Waals surface area contributed by atoms with E-state index in [1.807, 2.05) is 0 Å². The molecule has 0 aromatic heterocycles. The van der Waals surface area contributed by atoms with Gasteiger partial charge >= 0.3 is 0 Å². The number of hydrogen-bond donors (Lipinski definition) is 1. The maximum atomic E-state index is 11.7. The summed E-state index contributed by atoms with van der Waals surface area (Å²) < 4.78 is 22.7. The Hall–Kier alpha value is -0.870. The van der Waals surface area contributed by atoms with Crippen molar-refractivity contribution >= 4 is 9.84 Å². The Balaban J connectivity index is 2.77. The predicted molar refractivity (Wildman–Crippen MR) is 85.8 cm³/mol. The minimum absolute atomic E-state index is 0.196. The molecule has 0 radical (unpaired) electrons. The lowest BCUT2D eigenvalue weighted by molar-refractivity contribution is 0.464. The molecule has 1 N–H and O–H groups in total. The van der Waals surface area contributed by atoms with Gasteiger partial charge < -0.3 is 5.32 Å².